The Kier molecular flexibility index (Phi) is 6.65. The van der Waals surface area contributed by atoms with Crippen LogP contribution in [0.1, 0.15) is 65.7 Å². The van der Waals surface area contributed by atoms with Crippen LogP contribution in [0.4, 0.5) is 0 Å². The van der Waals surface area contributed by atoms with Gasteiger partial charge in [-0.1, -0.05) is 46.5 Å². The Morgan fingerprint density at radius 3 is 2.06 bits per heavy atom. The average molecular weight is 254 g/mol. The molecule has 0 heterocycles. The van der Waals surface area contributed by atoms with Gasteiger partial charge in [0.2, 0.25) is 0 Å². The summed E-state index contributed by atoms with van der Waals surface area (Å²) >= 11 is 0. The SMILES string of the molecule is CC(C)CC(C)CN(C)C1(CN)CCCCCC1. The van der Waals surface area contributed by atoms with Crippen LogP contribution in [0.3, 0.4) is 0 Å². The zero-order valence-electron chi connectivity index (χ0n) is 13.0. The van der Waals surface area contributed by atoms with Crippen LogP contribution < -0.4 is 5.73 Å². The highest BCUT2D eigenvalue weighted by Gasteiger charge is 2.34. The maximum absolute atomic E-state index is 6.14. The zero-order chi connectivity index (χ0) is 13.6. The second-order valence-corrected chi connectivity index (χ2v) is 6.96. The van der Waals surface area contributed by atoms with Crippen LogP contribution >= 0.6 is 0 Å². The predicted molar refractivity (Wildman–Crippen MR) is 80.7 cm³/mol. The lowest BCUT2D eigenvalue weighted by Crippen LogP contribution is -2.53. The zero-order valence-corrected chi connectivity index (χ0v) is 13.0. The molecule has 2 heteroatoms. The molecule has 0 aromatic heterocycles. The van der Waals surface area contributed by atoms with E-state index >= 15 is 0 Å². The van der Waals surface area contributed by atoms with E-state index in [0.29, 0.717) is 5.54 Å². The molecule has 2 N–H and O–H groups in total. The molecule has 1 aliphatic rings. The van der Waals surface area contributed by atoms with Gasteiger partial charge in [0, 0.05) is 18.6 Å². The third-order valence-electron chi connectivity index (χ3n) is 4.68. The minimum absolute atomic E-state index is 0.293. The molecule has 1 saturated carbocycles. The van der Waals surface area contributed by atoms with Crippen LogP contribution in [0.5, 0.6) is 0 Å². The van der Waals surface area contributed by atoms with Gasteiger partial charge in [-0.2, -0.15) is 0 Å². The van der Waals surface area contributed by atoms with Gasteiger partial charge in [0.05, 0.1) is 0 Å². The van der Waals surface area contributed by atoms with Crippen molar-refractivity contribution < 1.29 is 0 Å². The number of nitrogens with zero attached hydrogens (tertiary/aromatic N) is 1. The summed E-state index contributed by atoms with van der Waals surface area (Å²) in [5.74, 6) is 1.58. The molecule has 1 atom stereocenters. The summed E-state index contributed by atoms with van der Waals surface area (Å²) in [5.41, 5.74) is 6.44. The van der Waals surface area contributed by atoms with Gasteiger partial charge >= 0.3 is 0 Å². The van der Waals surface area contributed by atoms with E-state index in [1.165, 1.54) is 51.5 Å². The van der Waals surface area contributed by atoms with Gasteiger partial charge in [-0.15, -0.1) is 0 Å². The third kappa shape index (κ3) is 4.55. The van der Waals surface area contributed by atoms with E-state index in [0.717, 1.165) is 18.4 Å². The number of likely N-dealkylation sites (N-methyl/N-ethyl adjacent to an activating group) is 1. The number of rotatable bonds is 6. The highest BCUT2D eigenvalue weighted by Crippen LogP contribution is 2.31. The monoisotopic (exact) mass is 254 g/mol. The molecule has 18 heavy (non-hydrogen) atoms. The molecule has 0 amide bonds. The van der Waals surface area contributed by atoms with Crippen LogP contribution in [0.25, 0.3) is 0 Å². The Morgan fingerprint density at radius 2 is 1.61 bits per heavy atom. The molecule has 1 rings (SSSR count). The van der Waals surface area contributed by atoms with E-state index in [2.05, 4.69) is 32.7 Å². The van der Waals surface area contributed by atoms with E-state index in [4.69, 9.17) is 5.73 Å². The topological polar surface area (TPSA) is 29.3 Å². The quantitative estimate of drug-likeness (QED) is 0.733. The maximum atomic E-state index is 6.14. The molecule has 0 spiro atoms. The Balaban J connectivity index is 2.56. The molecule has 0 aliphatic heterocycles. The van der Waals surface area contributed by atoms with Crippen molar-refractivity contribution in [1.82, 2.24) is 4.90 Å². The van der Waals surface area contributed by atoms with Crippen molar-refractivity contribution in [1.29, 1.82) is 0 Å². The molecule has 0 aromatic rings. The van der Waals surface area contributed by atoms with Crippen molar-refractivity contribution in [3.63, 3.8) is 0 Å². The molecule has 1 fully saturated rings. The van der Waals surface area contributed by atoms with Crippen molar-refractivity contribution in [2.24, 2.45) is 17.6 Å². The van der Waals surface area contributed by atoms with Crippen LogP contribution in [0, 0.1) is 11.8 Å². The van der Waals surface area contributed by atoms with Crippen molar-refractivity contribution in [2.75, 3.05) is 20.1 Å². The van der Waals surface area contributed by atoms with Crippen LogP contribution in [-0.4, -0.2) is 30.6 Å². The van der Waals surface area contributed by atoms with Crippen LogP contribution in [0.15, 0.2) is 0 Å². The second kappa shape index (κ2) is 7.49. The highest BCUT2D eigenvalue weighted by molar-refractivity contribution is 4.92. The Bertz CT molecular complexity index is 217. The molecule has 1 unspecified atom stereocenters. The fraction of sp³-hybridized carbons (Fsp3) is 1.00. The lowest BCUT2D eigenvalue weighted by Gasteiger charge is -2.42. The lowest BCUT2D eigenvalue weighted by molar-refractivity contribution is 0.0880. The van der Waals surface area contributed by atoms with Crippen LogP contribution in [0.2, 0.25) is 0 Å². The fourth-order valence-electron chi connectivity index (χ4n) is 3.67. The van der Waals surface area contributed by atoms with Crippen LogP contribution in [-0.2, 0) is 0 Å². The normalized spacial score (nSPS) is 22.2. The molecular formula is C16H34N2. The minimum atomic E-state index is 0.293. The maximum Gasteiger partial charge on any atom is 0.0328 e. The van der Waals surface area contributed by atoms with E-state index in [9.17, 15) is 0 Å². The van der Waals surface area contributed by atoms with Gasteiger partial charge in [0.25, 0.3) is 0 Å². The van der Waals surface area contributed by atoms with Gasteiger partial charge in [-0.3, -0.25) is 4.90 Å². The number of hydrogen-bond acceptors (Lipinski definition) is 2. The average Bonchev–Trinajstić information content (AvgIpc) is 2.53. The molecule has 0 aromatic carbocycles. The van der Waals surface area contributed by atoms with Crippen molar-refractivity contribution in [2.45, 2.75) is 71.3 Å². The molecule has 108 valence electrons. The summed E-state index contributed by atoms with van der Waals surface area (Å²) in [6, 6.07) is 0. The summed E-state index contributed by atoms with van der Waals surface area (Å²) in [6.07, 6.45) is 9.45. The van der Waals surface area contributed by atoms with E-state index in [1.807, 2.05) is 0 Å². The minimum Gasteiger partial charge on any atom is -0.329 e. The Labute approximate surface area is 114 Å². The first kappa shape index (κ1) is 16.0. The molecule has 2 nitrogen and oxygen atoms in total. The first-order chi connectivity index (χ1) is 8.50. The molecular weight excluding hydrogens is 220 g/mol. The van der Waals surface area contributed by atoms with Crippen molar-refractivity contribution >= 4 is 0 Å². The number of hydrogen-bond donors (Lipinski definition) is 1. The van der Waals surface area contributed by atoms with Crippen molar-refractivity contribution in [3.05, 3.63) is 0 Å². The Morgan fingerprint density at radius 1 is 1.06 bits per heavy atom. The van der Waals surface area contributed by atoms with Gasteiger partial charge in [0.1, 0.15) is 0 Å². The van der Waals surface area contributed by atoms with E-state index in [-0.39, 0.29) is 0 Å². The second-order valence-electron chi connectivity index (χ2n) is 6.96. The predicted octanol–water partition coefficient (Wildman–Crippen LogP) is 3.65. The van der Waals surface area contributed by atoms with Gasteiger partial charge < -0.3 is 5.73 Å². The molecule has 0 bridgehead atoms. The first-order valence-electron chi connectivity index (χ1n) is 7.91. The first-order valence-corrected chi connectivity index (χ1v) is 7.91. The fourth-order valence-corrected chi connectivity index (χ4v) is 3.67. The van der Waals surface area contributed by atoms with Gasteiger partial charge in [-0.25, -0.2) is 0 Å². The summed E-state index contributed by atoms with van der Waals surface area (Å²) in [6.45, 7) is 9.06. The smallest absolute Gasteiger partial charge is 0.0328 e. The summed E-state index contributed by atoms with van der Waals surface area (Å²) < 4.78 is 0. The van der Waals surface area contributed by atoms with E-state index in [1.54, 1.807) is 0 Å². The summed E-state index contributed by atoms with van der Waals surface area (Å²) in [5, 5.41) is 0. The number of nitrogens with two attached hydrogens (primary N) is 1. The summed E-state index contributed by atoms with van der Waals surface area (Å²) in [4.78, 5) is 2.59. The third-order valence-corrected chi connectivity index (χ3v) is 4.68. The lowest BCUT2D eigenvalue weighted by atomic mass is 9.87. The molecule has 0 radical (unpaired) electrons. The Hall–Kier alpha value is -0.0800. The largest absolute Gasteiger partial charge is 0.329 e. The summed E-state index contributed by atoms with van der Waals surface area (Å²) in [7, 11) is 2.30. The van der Waals surface area contributed by atoms with Gasteiger partial charge in [-0.05, 0) is 38.1 Å². The molecule has 1 aliphatic carbocycles. The highest BCUT2D eigenvalue weighted by atomic mass is 15.2. The molecule has 0 saturated heterocycles. The van der Waals surface area contributed by atoms with E-state index < -0.39 is 0 Å². The van der Waals surface area contributed by atoms with Crippen molar-refractivity contribution in [3.8, 4) is 0 Å². The van der Waals surface area contributed by atoms with Gasteiger partial charge in [0.15, 0.2) is 0 Å². The standard InChI is InChI=1S/C16H34N2/c1-14(2)11-15(3)12-18(4)16(13-17)9-7-5-6-8-10-16/h14-15H,5-13,17H2,1-4H3.